The molecule has 1 aromatic carbocycles. The van der Waals surface area contributed by atoms with Crippen LogP contribution in [0.3, 0.4) is 0 Å². The van der Waals surface area contributed by atoms with Crippen LogP contribution in [0.1, 0.15) is 29.6 Å². The summed E-state index contributed by atoms with van der Waals surface area (Å²) >= 11 is 1.17. The van der Waals surface area contributed by atoms with E-state index >= 15 is 0 Å². The second kappa shape index (κ2) is 7.67. The Balaban J connectivity index is 1.67. The van der Waals surface area contributed by atoms with E-state index < -0.39 is 5.25 Å². The van der Waals surface area contributed by atoms with Crippen LogP contribution >= 0.6 is 11.8 Å². The van der Waals surface area contributed by atoms with Gasteiger partial charge in [0.05, 0.1) is 23.1 Å². The van der Waals surface area contributed by atoms with Crippen molar-refractivity contribution in [2.24, 2.45) is 5.73 Å². The lowest BCUT2D eigenvalue weighted by Crippen LogP contribution is -2.38. The van der Waals surface area contributed by atoms with E-state index in [4.69, 9.17) is 5.73 Å². The van der Waals surface area contributed by atoms with Crippen LogP contribution in [-0.2, 0) is 14.4 Å². The van der Waals surface area contributed by atoms with Gasteiger partial charge in [-0.3, -0.25) is 19.7 Å². The summed E-state index contributed by atoms with van der Waals surface area (Å²) in [5, 5.41) is 4.69. The van der Waals surface area contributed by atoms with Crippen molar-refractivity contribution in [1.82, 2.24) is 10.6 Å². The Morgan fingerprint density at radius 1 is 1.12 bits per heavy atom. The maximum absolute atomic E-state index is 12.3. The fraction of sp³-hybridized carbons (Fsp3) is 0.278. The molecule has 3 unspecified atom stereocenters. The van der Waals surface area contributed by atoms with Gasteiger partial charge in [-0.25, -0.2) is 0 Å². The fourth-order valence-corrected chi connectivity index (χ4v) is 3.74. The zero-order valence-corrected chi connectivity index (χ0v) is 14.3. The van der Waals surface area contributed by atoms with Crippen LogP contribution in [0, 0.1) is 0 Å². The maximum atomic E-state index is 12.3. The Morgan fingerprint density at radius 3 is 2.48 bits per heavy atom. The molecular formula is C18H19N3O3S. The van der Waals surface area contributed by atoms with E-state index in [9.17, 15) is 14.4 Å². The first-order valence-corrected chi connectivity index (χ1v) is 9.03. The molecule has 2 bridgehead atoms. The summed E-state index contributed by atoms with van der Waals surface area (Å²) in [5.41, 5.74) is 8.16. The standard InChI is InChI=1S/C18H19N3O3S/c19-16-11-5-3-1-2-4-6-12(8-7-11)17(16)20-15(23)10-25-13-9-14(22)21-18(13)24/h1-8,13,16-17H,9-10,19H2,(H,20,23)(H,21,22,24). The maximum Gasteiger partial charge on any atom is 0.240 e. The molecule has 1 aromatic rings. The molecular weight excluding hydrogens is 338 g/mol. The normalized spacial score (nSPS) is 23.8. The number of carbonyl (C=O) groups is 3. The minimum Gasteiger partial charge on any atom is -0.347 e. The lowest BCUT2D eigenvalue weighted by atomic mass is 9.91. The number of carbonyl (C=O) groups excluding carboxylic acids is 3. The minimum absolute atomic E-state index is 0.0976. The van der Waals surface area contributed by atoms with Crippen LogP contribution in [-0.4, -0.2) is 28.7 Å². The molecule has 25 heavy (non-hydrogen) atoms. The zero-order chi connectivity index (χ0) is 17.8. The Labute approximate surface area is 149 Å². The topological polar surface area (TPSA) is 101 Å². The van der Waals surface area contributed by atoms with E-state index in [-0.39, 0.29) is 42.0 Å². The summed E-state index contributed by atoms with van der Waals surface area (Å²) in [6, 6.07) is 14.7. The first-order valence-electron chi connectivity index (χ1n) is 7.98. The van der Waals surface area contributed by atoms with E-state index in [2.05, 4.69) is 10.6 Å². The molecule has 1 heterocycles. The third-order valence-electron chi connectivity index (χ3n) is 4.14. The van der Waals surface area contributed by atoms with Crippen LogP contribution < -0.4 is 16.4 Å². The van der Waals surface area contributed by atoms with Gasteiger partial charge in [-0.1, -0.05) is 48.5 Å². The highest BCUT2D eigenvalue weighted by Gasteiger charge is 2.32. The van der Waals surface area contributed by atoms with Crippen molar-refractivity contribution in [2.45, 2.75) is 23.8 Å². The molecule has 130 valence electrons. The summed E-state index contributed by atoms with van der Waals surface area (Å²) in [7, 11) is 0. The second-order valence-electron chi connectivity index (χ2n) is 5.92. The van der Waals surface area contributed by atoms with Crippen LogP contribution in [0.5, 0.6) is 0 Å². The predicted octanol–water partition coefficient (Wildman–Crippen LogP) is 1.13. The van der Waals surface area contributed by atoms with Gasteiger partial charge in [0, 0.05) is 6.42 Å². The number of nitrogens with one attached hydrogen (secondary N) is 2. The number of nitrogens with two attached hydrogens (primary N) is 1. The SMILES string of the molecule is NC1c2ccccccc(cc2)C1NC(=O)CSC1CC(=O)NC1=O. The van der Waals surface area contributed by atoms with Crippen molar-refractivity contribution in [3.63, 3.8) is 0 Å². The monoisotopic (exact) mass is 357 g/mol. The van der Waals surface area contributed by atoms with Gasteiger partial charge in [0.1, 0.15) is 0 Å². The first kappa shape index (κ1) is 17.4. The summed E-state index contributed by atoms with van der Waals surface area (Å²) in [6.45, 7) is 0. The minimum atomic E-state index is -0.498. The highest BCUT2D eigenvalue weighted by atomic mass is 32.2. The van der Waals surface area contributed by atoms with E-state index in [0.717, 1.165) is 11.1 Å². The Hall–Kier alpha value is -2.38. The number of rotatable bonds is 4. The molecule has 1 fully saturated rings. The molecule has 1 aliphatic heterocycles. The Morgan fingerprint density at radius 2 is 1.80 bits per heavy atom. The summed E-state index contributed by atoms with van der Waals surface area (Å²) in [5.74, 6) is -0.739. The van der Waals surface area contributed by atoms with Crippen molar-refractivity contribution in [1.29, 1.82) is 0 Å². The largest absolute Gasteiger partial charge is 0.347 e. The number of thioether (sulfide) groups is 1. The van der Waals surface area contributed by atoms with Gasteiger partial charge in [-0.15, -0.1) is 11.8 Å². The number of fused-ring (bicyclic) bond motifs is 7. The van der Waals surface area contributed by atoms with E-state index in [1.165, 1.54) is 11.8 Å². The highest BCUT2D eigenvalue weighted by molar-refractivity contribution is 8.01. The third kappa shape index (κ3) is 4.18. The summed E-state index contributed by atoms with van der Waals surface area (Å²) in [4.78, 5) is 35.1. The van der Waals surface area contributed by atoms with E-state index in [1.807, 2.05) is 48.5 Å². The Kier molecular flexibility index (Phi) is 5.35. The fourth-order valence-electron chi connectivity index (χ4n) is 2.82. The first-order chi connectivity index (χ1) is 12.0. The average Bonchev–Trinajstić information content (AvgIpc) is 2.92. The van der Waals surface area contributed by atoms with Gasteiger partial charge >= 0.3 is 0 Å². The molecule has 3 aliphatic rings. The van der Waals surface area contributed by atoms with Crippen LogP contribution in [0.25, 0.3) is 0 Å². The molecule has 4 rings (SSSR count). The van der Waals surface area contributed by atoms with E-state index in [1.54, 1.807) is 0 Å². The molecule has 2 aliphatic carbocycles. The molecule has 3 amide bonds. The number of hydrogen-bond donors (Lipinski definition) is 3. The molecule has 0 saturated carbocycles. The zero-order valence-electron chi connectivity index (χ0n) is 13.5. The molecule has 0 aromatic heterocycles. The van der Waals surface area contributed by atoms with Gasteiger partial charge < -0.3 is 11.1 Å². The average molecular weight is 357 g/mol. The quantitative estimate of drug-likeness (QED) is 0.701. The Bertz CT molecular complexity index is 767. The van der Waals surface area contributed by atoms with E-state index in [0.29, 0.717) is 0 Å². The van der Waals surface area contributed by atoms with Gasteiger partial charge in [-0.05, 0) is 11.1 Å². The molecule has 4 N–H and O–H groups in total. The molecule has 7 heteroatoms. The van der Waals surface area contributed by atoms with Gasteiger partial charge in [0.25, 0.3) is 0 Å². The van der Waals surface area contributed by atoms with Crippen LogP contribution in [0.2, 0.25) is 0 Å². The van der Waals surface area contributed by atoms with Crippen LogP contribution in [0.15, 0.2) is 48.5 Å². The highest BCUT2D eigenvalue weighted by Crippen LogP contribution is 2.30. The molecule has 0 radical (unpaired) electrons. The molecule has 6 nitrogen and oxygen atoms in total. The predicted molar refractivity (Wildman–Crippen MR) is 95.9 cm³/mol. The van der Waals surface area contributed by atoms with Gasteiger partial charge in [0.15, 0.2) is 0 Å². The smallest absolute Gasteiger partial charge is 0.240 e. The number of hydrogen-bond acceptors (Lipinski definition) is 5. The second-order valence-corrected chi connectivity index (χ2v) is 7.11. The van der Waals surface area contributed by atoms with Crippen molar-refractivity contribution in [3.8, 4) is 0 Å². The summed E-state index contributed by atoms with van der Waals surface area (Å²) < 4.78 is 0. The lowest BCUT2D eigenvalue weighted by Gasteiger charge is -2.28. The number of amides is 3. The third-order valence-corrected chi connectivity index (χ3v) is 5.35. The molecule has 0 spiro atoms. The van der Waals surface area contributed by atoms with Crippen molar-refractivity contribution in [2.75, 3.05) is 5.75 Å². The summed E-state index contributed by atoms with van der Waals surface area (Å²) in [6.07, 6.45) is 0.123. The van der Waals surface area contributed by atoms with Crippen LogP contribution in [0.4, 0.5) is 0 Å². The molecule has 3 atom stereocenters. The number of imide groups is 1. The molecule has 1 saturated heterocycles. The van der Waals surface area contributed by atoms with Crippen molar-refractivity contribution >= 4 is 29.5 Å². The van der Waals surface area contributed by atoms with Crippen molar-refractivity contribution < 1.29 is 14.4 Å². The lowest BCUT2D eigenvalue weighted by molar-refractivity contribution is -0.124. The van der Waals surface area contributed by atoms with Crippen molar-refractivity contribution in [3.05, 3.63) is 59.7 Å². The van der Waals surface area contributed by atoms with Gasteiger partial charge in [-0.2, -0.15) is 0 Å². The van der Waals surface area contributed by atoms with Gasteiger partial charge in [0.2, 0.25) is 17.7 Å².